The van der Waals surface area contributed by atoms with Gasteiger partial charge in [0.15, 0.2) is 0 Å². The van der Waals surface area contributed by atoms with Gasteiger partial charge in [0.1, 0.15) is 0 Å². The van der Waals surface area contributed by atoms with Crippen molar-refractivity contribution in [1.82, 2.24) is 0 Å². The molecule has 0 aliphatic carbocycles. The minimum Gasteiger partial charge on any atom is -0.399 e. The van der Waals surface area contributed by atoms with Crippen molar-refractivity contribution in [3.63, 3.8) is 0 Å². The fourth-order valence-corrected chi connectivity index (χ4v) is 2.07. The number of nitrogen functional groups attached to an aromatic ring is 1. The summed E-state index contributed by atoms with van der Waals surface area (Å²) in [6.07, 6.45) is 2.64. The van der Waals surface area contributed by atoms with Crippen molar-refractivity contribution < 1.29 is 4.74 Å². The fourth-order valence-electron chi connectivity index (χ4n) is 2.07. The lowest BCUT2D eigenvalue weighted by molar-refractivity contribution is 0.0819. The highest BCUT2D eigenvalue weighted by Crippen LogP contribution is 2.22. The van der Waals surface area contributed by atoms with Gasteiger partial charge in [-0.25, -0.2) is 0 Å². The average molecular weight is 206 g/mol. The van der Waals surface area contributed by atoms with Crippen molar-refractivity contribution >= 4 is 11.4 Å². The summed E-state index contributed by atoms with van der Waals surface area (Å²) in [5, 5.41) is 0. The Balaban J connectivity index is 2.01. The van der Waals surface area contributed by atoms with Crippen molar-refractivity contribution in [3.05, 3.63) is 24.3 Å². The Kier molecular flexibility index (Phi) is 3.11. The predicted molar refractivity (Wildman–Crippen MR) is 63.1 cm³/mol. The van der Waals surface area contributed by atoms with Crippen LogP contribution in [0.25, 0.3) is 0 Å². The van der Waals surface area contributed by atoms with Crippen LogP contribution < -0.4 is 10.6 Å². The molecule has 0 spiro atoms. The van der Waals surface area contributed by atoms with Gasteiger partial charge < -0.3 is 15.4 Å². The minimum atomic E-state index is 0.433. The molecule has 2 N–H and O–H groups in total. The predicted octanol–water partition coefficient (Wildman–Crippen LogP) is 1.88. The third-order valence-corrected chi connectivity index (χ3v) is 3.01. The lowest BCUT2D eigenvalue weighted by Gasteiger charge is -2.33. The molecule has 1 fully saturated rings. The largest absolute Gasteiger partial charge is 0.399 e. The van der Waals surface area contributed by atoms with Gasteiger partial charge in [0.25, 0.3) is 0 Å². The number of anilines is 2. The molecule has 0 amide bonds. The van der Waals surface area contributed by atoms with Gasteiger partial charge in [-0.05, 0) is 31.0 Å². The molecule has 1 aliphatic heterocycles. The van der Waals surface area contributed by atoms with Gasteiger partial charge in [0, 0.05) is 31.6 Å². The molecule has 0 bridgehead atoms. The van der Waals surface area contributed by atoms with E-state index in [1.807, 2.05) is 18.2 Å². The van der Waals surface area contributed by atoms with Crippen LogP contribution in [0.3, 0.4) is 0 Å². The van der Waals surface area contributed by atoms with Gasteiger partial charge in [-0.3, -0.25) is 0 Å². The monoisotopic (exact) mass is 206 g/mol. The summed E-state index contributed by atoms with van der Waals surface area (Å²) in [5.41, 5.74) is 7.83. The standard InChI is InChI=1S/C12H18N2O/c1-15-12-5-7-14(8-6-12)11-4-2-3-10(13)9-11/h2-4,9,12H,5-8,13H2,1H3. The van der Waals surface area contributed by atoms with E-state index in [1.54, 1.807) is 7.11 Å². The van der Waals surface area contributed by atoms with Crippen molar-refractivity contribution in [1.29, 1.82) is 0 Å². The summed E-state index contributed by atoms with van der Waals surface area (Å²) in [7, 11) is 1.79. The van der Waals surface area contributed by atoms with Gasteiger partial charge in [-0.15, -0.1) is 0 Å². The smallest absolute Gasteiger partial charge is 0.0605 e. The first-order valence-corrected chi connectivity index (χ1v) is 5.43. The molecule has 3 heteroatoms. The maximum absolute atomic E-state index is 5.77. The van der Waals surface area contributed by atoms with E-state index < -0.39 is 0 Å². The zero-order valence-corrected chi connectivity index (χ0v) is 9.15. The molecule has 1 saturated heterocycles. The van der Waals surface area contributed by atoms with Crippen LogP contribution in [-0.2, 0) is 4.74 Å². The summed E-state index contributed by atoms with van der Waals surface area (Å²) in [4.78, 5) is 2.37. The van der Waals surface area contributed by atoms with Gasteiger partial charge in [-0.1, -0.05) is 6.07 Å². The van der Waals surface area contributed by atoms with Crippen LogP contribution in [0.15, 0.2) is 24.3 Å². The van der Waals surface area contributed by atoms with Crippen molar-refractivity contribution in [2.24, 2.45) is 0 Å². The molecule has 0 atom stereocenters. The second-order valence-corrected chi connectivity index (χ2v) is 4.02. The van der Waals surface area contributed by atoms with Crippen LogP contribution in [0, 0.1) is 0 Å². The van der Waals surface area contributed by atoms with Gasteiger partial charge in [0.05, 0.1) is 6.10 Å². The number of benzene rings is 1. The molecule has 2 rings (SSSR count). The second kappa shape index (κ2) is 4.53. The van der Waals surface area contributed by atoms with Gasteiger partial charge >= 0.3 is 0 Å². The number of piperidine rings is 1. The van der Waals surface area contributed by atoms with Crippen LogP contribution >= 0.6 is 0 Å². The molecule has 0 radical (unpaired) electrons. The Morgan fingerprint density at radius 2 is 2.07 bits per heavy atom. The summed E-state index contributed by atoms with van der Waals surface area (Å²) in [6.45, 7) is 2.12. The third-order valence-electron chi connectivity index (χ3n) is 3.01. The van der Waals surface area contributed by atoms with Crippen LogP contribution in [0.5, 0.6) is 0 Å². The molecule has 0 aromatic heterocycles. The van der Waals surface area contributed by atoms with E-state index in [4.69, 9.17) is 10.5 Å². The van der Waals surface area contributed by atoms with Crippen LogP contribution in [0.4, 0.5) is 11.4 Å². The first kappa shape index (κ1) is 10.3. The minimum absolute atomic E-state index is 0.433. The quantitative estimate of drug-likeness (QED) is 0.751. The number of rotatable bonds is 2. The van der Waals surface area contributed by atoms with E-state index in [0.29, 0.717) is 6.10 Å². The highest BCUT2D eigenvalue weighted by molar-refractivity contribution is 5.56. The van der Waals surface area contributed by atoms with Crippen LogP contribution in [-0.4, -0.2) is 26.3 Å². The average Bonchev–Trinajstić information content (AvgIpc) is 2.29. The maximum atomic E-state index is 5.77. The maximum Gasteiger partial charge on any atom is 0.0605 e. The first-order chi connectivity index (χ1) is 7.29. The van der Waals surface area contributed by atoms with Crippen LogP contribution in [0.2, 0.25) is 0 Å². The number of nitrogens with zero attached hydrogens (tertiary/aromatic N) is 1. The first-order valence-electron chi connectivity index (χ1n) is 5.43. The molecule has 1 heterocycles. The zero-order valence-electron chi connectivity index (χ0n) is 9.15. The molecule has 3 nitrogen and oxygen atoms in total. The topological polar surface area (TPSA) is 38.5 Å². The zero-order chi connectivity index (χ0) is 10.7. The molecule has 0 unspecified atom stereocenters. The Bertz CT molecular complexity index is 319. The Hall–Kier alpha value is -1.22. The number of hydrogen-bond donors (Lipinski definition) is 1. The highest BCUT2D eigenvalue weighted by atomic mass is 16.5. The molecular formula is C12H18N2O. The molecule has 0 saturated carbocycles. The van der Waals surface area contributed by atoms with Crippen molar-refractivity contribution in [2.45, 2.75) is 18.9 Å². The van der Waals surface area contributed by atoms with E-state index in [0.717, 1.165) is 31.6 Å². The summed E-state index contributed by atoms with van der Waals surface area (Å²) in [6, 6.07) is 8.08. The van der Waals surface area contributed by atoms with E-state index in [-0.39, 0.29) is 0 Å². The van der Waals surface area contributed by atoms with E-state index in [9.17, 15) is 0 Å². The van der Waals surface area contributed by atoms with Crippen molar-refractivity contribution in [2.75, 3.05) is 30.8 Å². The Morgan fingerprint density at radius 1 is 1.33 bits per heavy atom. The third kappa shape index (κ3) is 2.42. The lowest BCUT2D eigenvalue weighted by Crippen LogP contribution is -2.36. The molecule has 1 aromatic rings. The number of hydrogen-bond acceptors (Lipinski definition) is 3. The molecule has 1 aliphatic rings. The van der Waals surface area contributed by atoms with E-state index in [1.165, 1.54) is 5.69 Å². The highest BCUT2D eigenvalue weighted by Gasteiger charge is 2.18. The Morgan fingerprint density at radius 3 is 2.67 bits per heavy atom. The molecular weight excluding hydrogens is 188 g/mol. The normalized spacial score (nSPS) is 18.1. The van der Waals surface area contributed by atoms with Gasteiger partial charge in [0.2, 0.25) is 0 Å². The summed E-state index contributed by atoms with van der Waals surface area (Å²) >= 11 is 0. The number of ether oxygens (including phenoxy) is 1. The number of methoxy groups -OCH3 is 1. The molecule has 82 valence electrons. The second-order valence-electron chi connectivity index (χ2n) is 4.02. The van der Waals surface area contributed by atoms with E-state index >= 15 is 0 Å². The lowest BCUT2D eigenvalue weighted by atomic mass is 10.1. The summed E-state index contributed by atoms with van der Waals surface area (Å²) < 4.78 is 5.35. The van der Waals surface area contributed by atoms with E-state index in [2.05, 4.69) is 11.0 Å². The number of nitrogens with two attached hydrogens (primary N) is 1. The SMILES string of the molecule is COC1CCN(c2cccc(N)c2)CC1. The summed E-state index contributed by atoms with van der Waals surface area (Å²) in [5.74, 6) is 0. The fraction of sp³-hybridized carbons (Fsp3) is 0.500. The Labute approximate surface area is 90.8 Å². The molecule has 15 heavy (non-hydrogen) atoms. The van der Waals surface area contributed by atoms with Crippen molar-refractivity contribution in [3.8, 4) is 0 Å². The van der Waals surface area contributed by atoms with Crippen LogP contribution in [0.1, 0.15) is 12.8 Å². The molecule has 1 aromatic carbocycles. The van der Waals surface area contributed by atoms with Gasteiger partial charge in [-0.2, -0.15) is 0 Å².